The molecule has 0 saturated carbocycles. The molecule has 4 nitrogen and oxygen atoms in total. The molecule has 100 valence electrons. The smallest absolute Gasteiger partial charge is 0.338 e. The SMILES string of the molecule is COCc1ccccc1C(=O)OCc1nc(C)cs1. The molecule has 1 aromatic heterocycles. The summed E-state index contributed by atoms with van der Waals surface area (Å²) < 4.78 is 10.3. The number of hydrogen-bond donors (Lipinski definition) is 0. The molecule has 1 heterocycles. The molecule has 0 amide bonds. The van der Waals surface area contributed by atoms with E-state index in [0.717, 1.165) is 16.3 Å². The maximum atomic E-state index is 12.0. The summed E-state index contributed by atoms with van der Waals surface area (Å²) in [6, 6.07) is 7.27. The number of benzene rings is 1. The number of thiazole rings is 1. The maximum Gasteiger partial charge on any atom is 0.338 e. The summed E-state index contributed by atoms with van der Waals surface area (Å²) in [6.07, 6.45) is 0. The monoisotopic (exact) mass is 277 g/mol. The summed E-state index contributed by atoms with van der Waals surface area (Å²) >= 11 is 1.49. The van der Waals surface area contributed by atoms with Gasteiger partial charge in [0.25, 0.3) is 0 Å². The number of methoxy groups -OCH3 is 1. The molecule has 0 aliphatic rings. The van der Waals surface area contributed by atoms with Crippen LogP contribution in [0.3, 0.4) is 0 Å². The van der Waals surface area contributed by atoms with Crippen LogP contribution in [-0.2, 0) is 22.7 Å². The minimum Gasteiger partial charge on any atom is -0.455 e. The van der Waals surface area contributed by atoms with Gasteiger partial charge in [-0.15, -0.1) is 11.3 Å². The van der Waals surface area contributed by atoms with Crippen LogP contribution in [0.25, 0.3) is 0 Å². The van der Waals surface area contributed by atoms with Crippen LogP contribution in [-0.4, -0.2) is 18.1 Å². The third-order valence-corrected chi connectivity index (χ3v) is 3.47. The second-order valence-corrected chi connectivity index (χ2v) is 4.99. The molecule has 0 radical (unpaired) electrons. The average molecular weight is 277 g/mol. The minimum atomic E-state index is -0.347. The minimum absolute atomic E-state index is 0.207. The van der Waals surface area contributed by atoms with E-state index in [9.17, 15) is 4.79 Å². The lowest BCUT2D eigenvalue weighted by Gasteiger charge is -2.07. The van der Waals surface area contributed by atoms with Crippen LogP contribution in [0.15, 0.2) is 29.6 Å². The lowest BCUT2D eigenvalue weighted by molar-refractivity contribution is 0.0467. The number of carbonyl (C=O) groups is 1. The van der Waals surface area contributed by atoms with Gasteiger partial charge < -0.3 is 9.47 Å². The summed E-state index contributed by atoms with van der Waals surface area (Å²) in [7, 11) is 1.60. The Hall–Kier alpha value is -1.72. The van der Waals surface area contributed by atoms with Gasteiger partial charge in [0.1, 0.15) is 11.6 Å². The van der Waals surface area contributed by atoms with E-state index in [1.54, 1.807) is 13.2 Å². The number of hydrogen-bond acceptors (Lipinski definition) is 5. The Morgan fingerprint density at radius 1 is 1.32 bits per heavy atom. The fraction of sp³-hybridized carbons (Fsp3) is 0.286. The number of rotatable bonds is 5. The van der Waals surface area contributed by atoms with Gasteiger partial charge in [0.15, 0.2) is 0 Å². The fourth-order valence-electron chi connectivity index (χ4n) is 1.67. The molecule has 5 heteroatoms. The zero-order valence-electron chi connectivity index (χ0n) is 10.9. The Morgan fingerprint density at radius 2 is 2.11 bits per heavy atom. The van der Waals surface area contributed by atoms with Gasteiger partial charge in [-0.3, -0.25) is 0 Å². The molecule has 2 rings (SSSR count). The number of nitrogens with zero attached hydrogens (tertiary/aromatic N) is 1. The van der Waals surface area contributed by atoms with Crippen molar-refractivity contribution < 1.29 is 14.3 Å². The average Bonchev–Trinajstić information content (AvgIpc) is 2.83. The Labute approximate surface area is 116 Å². The first-order valence-electron chi connectivity index (χ1n) is 5.85. The van der Waals surface area contributed by atoms with E-state index in [1.165, 1.54) is 11.3 Å². The van der Waals surface area contributed by atoms with Gasteiger partial charge in [0.05, 0.1) is 12.2 Å². The first-order chi connectivity index (χ1) is 9.20. The molecule has 1 aromatic carbocycles. The molecule has 0 atom stereocenters. The predicted octanol–water partition coefficient (Wildman–Crippen LogP) is 2.95. The Kier molecular flexibility index (Phi) is 4.65. The van der Waals surface area contributed by atoms with Crippen molar-refractivity contribution in [2.45, 2.75) is 20.1 Å². The predicted molar refractivity (Wildman–Crippen MR) is 73.1 cm³/mol. The number of carbonyl (C=O) groups excluding carboxylic acids is 1. The van der Waals surface area contributed by atoms with Crippen molar-refractivity contribution in [2.24, 2.45) is 0 Å². The molecule has 0 unspecified atom stereocenters. The summed E-state index contributed by atoms with van der Waals surface area (Å²) in [5.41, 5.74) is 2.30. The van der Waals surface area contributed by atoms with Crippen molar-refractivity contribution in [1.29, 1.82) is 0 Å². The van der Waals surface area contributed by atoms with Crippen LogP contribution in [0.2, 0.25) is 0 Å². The Balaban J connectivity index is 2.03. The van der Waals surface area contributed by atoms with E-state index in [0.29, 0.717) is 12.2 Å². The first kappa shape index (κ1) is 13.7. The van der Waals surface area contributed by atoms with Gasteiger partial charge in [-0.2, -0.15) is 0 Å². The van der Waals surface area contributed by atoms with Crippen molar-refractivity contribution in [2.75, 3.05) is 7.11 Å². The van der Waals surface area contributed by atoms with Crippen molar-refractivity contribution in [1.82, 2.24) is 4.98 Å². The Bertz CT molecular complexity index is 565. The maximum absolute atomic E-state index is 12.0. The lowest BCUT2D eigenvalue weighted by Crippen LogP contribution is -2.08. The number of esters is 1. The van der Waals surface area contributed by atoms with Crippen LogP contribution in [0, 0.1) is 6.92 Å². The number of aryl methyl sites for hydroxylation is 1. The third-order valence-electron chi connectivity index (χ3n) is 2.53. The number of ether oxygens (including phenoxy) is 2. The molecule has 0 aliphatic heterocycles. The molecule has 2 aromatic rings. The highest BCUT2D eigenvalue weighted by Gasteiger charge is 2.12. The van der Waals surface area contributed by atoms with E-state index in [4.69, 9.17) is 9.47 Å². The molecule has 19 heavy (non-hydrogen) atoms. The van der Waals surface area contributed by atoms with Crippen molar-refractivity contribution in [3.8, 4) is 0 Å². The molecular formula is C14H15NO3S. The summed E-state index contributed by atoms with van der Waals surface area (Å²) in [6.45, 7) is 2.51. The molecular weight excluding hydrogens is 262 g/mol. The molecule has 0 N–H and O–H groups in total. The van der Waals surface area contributed by atoms with Crippen LogP contribution in [0.4, 0.5) is 0 Å². The topological polar surface area (TPSA) is 48.4 Å². The van der Waals surface area contributed by atoms with E-state index in [-0.39, 0.29) is 12.6 Å². The van der Waals surface area contributed by atoms with Gasteiger partial charge in [-0.1, -0.05) is 18.2 Å². The van der Waals surface area contributed by atoms with Gasteiger partial charge in [0, 0.05) is 18.2 Å². The molecule has 0 fully saturated rings. The van der Waals surface area contributed by atoms with Crippen LogP contribution in [0.1, 0.15) is 26.6 Å². The van der Waals surface area contributed by atoms with Crippen molar-refractivity contribution in [3.05, 3.63) is 51.5 Å². The number of aromatic nitrogens is 1. The van der Waals surface area contributed by atoms with Crippen molar-refractivity contribution in [3.63, 3.8) is 0 Å². The highest BCUT2D eigenvalue weighted by molar-refractivity contribution is 7.09. The normalized spacial score (nSPS) is 10.4. The molecule has 0 spiro atoms. The standard InChI is InChI=1S/C14H15NO3S/c1-10-9-19-13(15-10)8-18-14(16)12-6-4-3-5-11(12)7-17-2/h3-6,9H,7-8H2,1-2H3. The molecule has 0 bridgehead atoms. The third kappa shape index (κ3) is 3.62. The van der Waals surface area contributed by atoms with Crippen molar-refractivity contribution >= 4 is 17.3 Å². The fourth-order valence-corrected chi connectivity index (χ4v) is 2.36. The highest BCUT2D eigenvalue weighted by Crippen LogP contribution is 2.14. The van der Waals surface area contributed by atoms with Crippen LogP contribution < -0.4 is 0 Å². The lowest BCUT2D eigenvalue weighted by atomic mass is 10.1. The molecule has 0 aliphatic carbocycles. The second kappa shape index (κ2) is 6.45. The quantitative estimate of drug-likeness (QED) is 0.788. The van der Waals surface area contributed by atoms with Crippen LogP contribution >= 0.6 is 11.3 Å². The van der Waals surface area contributed by atoms with Gasteiger partial charge >= 0.3 is 5.97 Å². The van der Waals surface area contributed by atoms with Gasteiger partial charge in [0.2, 0.25) is 0 Å². The highest BCUT2D eigenvalue weighted by atomic mass is 32.1. The summed E-state index contributed by atoms with van der Waals surface area (Å²) in [4.78, 5) is 16.3. The van der Waals surface area contributed by atoms with Crippen LogP contribution in [0.5, 0.6) is 0 Å². The molecule has 0 saturated heterocycles. The Morgan fingerprint density at radius 3 is 2.79 bits per heavy atom. The van der Waals surface area contributed by atoms with E-state index in [1.807, 2.05) is 30.5 Å². The zero-order valence-corrected chi connectivity index (χ0v) is 11.7. The largest absolute Gasteiger partial charge is 0.455 e. The van der Waals surface area contributed by atoms with E-state index < -0.39 is 0 Å². The zero-order chi connectivity index (χ0) is 13.7. The van der Waals surface area contributed by atoms with E-state index in [2.05, 4.69) is 4.98 Å². The summed E-state index contributed by atoms with van der Waals surface area (Å²) in [5.74, 6) is -0.347. The van der Waals surface area contributed by atoms with Gasteiger partial charge in [-0.05, 0) is 18.6 Å². The van der Waals surface area contributed by atoms with E-state index >= 15 is 0 Å². The summed E-state index contributed by atoms with van der Waals surface area (Å²) in [5, 5.41) is 2.73. The first-order valence-corrected chi connectivity index (χ1v) is 6.73. The van der Waals surface area contributed by atoms with Gasteiger partial charge in [-0.25, -0.2) is 9.78 Å². The second-order valence-electron chi connectivity index (χ2n) is 4.05.